The lowest BCUT2D eigenvalue weighted by Crippen LogP contribution is -2.43. The molecule has 1 N–H and O–H groups in total. The summed E-state index contributed by atoms with van der Waals surface area (Å²) < 4.78 is 24.8. The predicted molar refractivity (Wildman–Crippen MR) is 55.1 cm³/mol. The molecule has 0 bridgehead atoms. The van der Waals surface area contributed by atoms with Gasteiger partial charge in [-0.1, -0.05) is 0 Å². The quantitative estimate of drug-likeness (QED) is 0.831. The van der Waals surface area contributed by atoms with Crippen molar-refractivity contribution >= 4 is 0 Å². The van der Waals surface area contributed by atoms with Crippen LogP contribution in [-0.2, 0) is 6.54 Å². The van der Waals surface area contributed by atoms with E-state index in [9.17, 15) is 8.78 Å². The molecular formula is C10H14F2N4. The second-order valence-corrected chi connectivity index (χ2v) is 3.76. The van der Waals surface area contributed by atoms with Crippen molar-refractivity contribution in [3.05, 3.63) is 23.8 Å². The normalized spacial score (nSPS) is 17.9. The SMILES string of the molecule is FC(F)c1cncc(CN2CCNCC2)n1. The molecule has 0 aliphatic carbocycles. The first-order valence-corrected chi connectivity index (χ1v) is 5.28. The largest absolute Gasteiger partial charge is 0.314 e. The summed E-state index contributed by atoms with van der Waals surface area (Å²) in [5.74, 6) is 0. The summed E-state index contributed by atoms with van der Waals surface area (Å²) in [6, 6.07) is 0. The Labute approximate surface area is 92.7 Å². The summed E-state index contributed by atoms with van der Waals surface area (Å²) in [5, 5.41) is 3.23. The number of hydrogen-bond acceptors (Lipinski definition) is 4. The first kappa shape index (κ1) is 11.3. The van der Waals surface area contributed by atoms with Crippen LogP contribution in [0.1, 0.15) is 17.8 Å². The van der Waals surface area contributed by atoms with Gasteiger partial charge in [0.1, 0.15) is 5.69 Å². The van der Waals surface area contributed by atoms with Crippen LogP contribution in [0.3, 0.4) is 0 Å². The van der Waals surface area contributed by atoms with Gasteiger partial charge in [0, 0.05) is 38.9 Å². The van der Waals surface area contributed by atoms with Crippen molar-refractivity contribution in [3.8, 4) is 0 Å². The van der Waals surface area contributed by atoms with Gasteiger partial charge in [0.25, 0.3) is 6.43 Å². The first-order valence-electron chi connectivity index (χ1n) is 5.28. The average molecular weight is 228 g/mol. The van der Waals surface area contributed by atoms with Crippen LogP contribution in [0, 0.1) is 0 Å². The van der Waals surface area contributed by atoms with E-state index in [1.54, 1.807) is 6.20 Å². The molecule has 0 atom stereocenters. The molecule has 16 heavy (non-hydrogen) atoms. The summed E-state index contributed by atoms with van der Waals surface area (Å²) in [6.45, 7) is 4.29. The van der Waals surface area contributed by atoms with Gasteiger partial charge in [-0.3, -0.25) is 9.88 Å². The van der Waals surface area contributed by atoms with E-state index in [2.05, 4.69) is 20.2 Å². The number of piperazine rings is 1. The molecule has 1 aromatic heterocycles. The Hall–Kier alpha value is -1.14. The van der Waals surface area contributed by atoms with Gasteiger partial charge < -0.3 is 5.32 Å². The number of nitrogens with one attached hydrogen (secondary N) is 1. The molecule has 6 heteroatoms. The highest BCUT2D eigenvalue weighted by atomic mass is 19.3. The van der Waals surface area contributed by atoms with Crippen molar-refractivity contribution in [3.63, 3.8) is 0 Å². The highest BCUT2D eigenvalue weighted by molar-refractivity contribution is 5.04. The molecule has 4 nitrogen and oxygen atoms in total. The van der Waals surface area contributed by atoms with Crippen LogP contribution < -0.4 is 5.32 Å². The lowest BCUT2D eigenvalue weighted by Gasteiger charge is -2.26. The van der Waals surface area contributed by atoms with E-state index in [0.717, 1.165) is 32.4 Å². The zero-order valence-electron chi connectivity index (χ0n) is 8.87. The fraction of sp³-hybridized carbons (Fsp3) is 0.600. The molecule has 0 unspecified atom stereocenters. The molecule has 1 aliphatic rings. The minimum Gasteiger partial charge on any atom is -0.314 e. The van der Waals surface area contributed by atoms with Crippen molar-refractivity contribution in [1.82, 2.24) is 20.2 Å². The zero-order chi connectivity index (χ0) is 11.4. The van der Waals surface area contributed by atoms with Gasteiger partial charge in [0.15, 0.2) is 0 Å². The highest BCUT2D eigenvalue weighted by Crippen LogP contribution is 2.15. The van der Waals surface area contributed by atoms with Crippen LogP contribution in [0.2, 0.25) is 0 Å². The lowest BCUT2D eigenvalue weighted by molar-refractivity contribution is 0.144. The lowest BCUT2D eigenvalue weighted by atomic mass is 10.3. The van der Waals surface area contributed by atoms with Crippen LogP contribution in [0.4, 0.5) is 8.78 Å². The molecule has 0 amide bonds. The monoisotopic (exact) mass is 228 g/mol. The van der Waals surface area contributed by atoms with Gasteiger partial charge in [-0.2, -0.15) is 0 Å². The molecule has 88 valence electrons. The predicted octanol–water partition coefficient (Wildman–Crippen LogP) is 0.819. The third kappa shape index (κ3) is 2.93. The average Bonchev–Trinajstić information content (AvgIpc) is 2.30. The standard InChI is InChI=1S/C10H14F2N4/c11-10(12)9-6-14-5-8(15-9)7-16-3-1-13-2-4-16/h5-6,10,13H,1-4,7H2. The molecule has 1 fully saturated rings. The minimum atomic E-state index is -2.55. The molecular weight excluding hydrogens is 214 g/mol. The molecule has 1 aromatic rings. The van der Waals surface area contributed by atoms with E-state index in [-0.39, 0.29) is 5.69 Å². The van der Waals surface area contributed by atoms with Crippen LogP contribution in [0.5, 0.6) is 0 Å². The van der Waals surface area contributed by atoms with Crippen LogP contribution in [0.25, 0.3) is 0 Å². The third-order valence-corrected chi connectivity index (χ3v) is 2.52. The number of halogens is 2. The molecule has 0 saturated carbocycles. The van der Waals surface area contributed by atoms with E-state index in [4.69, 9.17) is 0 Å². The Bertz CT molecular complexity index is 339. The second kappa shape index (κ2) is 5.27. The van der Waals surface area contributed by atoms with Gasteiger partial charge in [-0.05, 0) is 0 Å². The van der Waals surface area contributed by atoms with Gasteiger partial charge in [0.2, 0.25) is 0 Å². The van der Waals surface area contributed by atoms with E-state index < -0.39 is 6.43 Å². The zero-order valence-corrected chi connectivity index (χ0v) is 8.87. The Morgan fingerprint density at radius 2 is 2.06 bits per heavy atom. The van der Waals surface area contributed by atoms with Gasteiger partial charge in [-0.25, -0.2) is 13.8 Å². The number of rotatable bonds is 3. The molecule has 1 aliphatic heterocycles. The fourth-order valence-electron chi connectivity index (χ4n) is 1.70. The summed E-state index contributed by atoms with van der Waals surface area (Å²) >= 11 is 0. The van der Waals surface area contributed by atoms with Crippen molar-refractivity contribution in [2.24, 2.45) is 0 Å². The number of alkyl halides is 2. The second-order valence-electron chi connectivity index (χ2n) is 3.76. The van der Waals surface area contributed by atoms with E-state index in [1.165, 1.54) is 0 Å². The van der Waals surface area contributed by atoms with E-state index in [1.807, 2.05) is 0 Å². The maximum atomic E-state index is 12.4. The van der Waals surface area contributed by atoms with Gasteiger partial charge in [0.05, 0.1) is 11.9 Å². The molecule has 2 rings (SSSR count). The van der Waals surface area contributed by atoms with E-state index in [0.29, 0.717) is 12.2 Å². The summed E-state index contributed by atoms with van der Waals surface area (Å²) in [5.41, 5.74) is 0.368. The van der Waals surface area contributed by atoms with E-state index >= 15 is 0 Å². The summed E-state index contributed by atoms with van der Waals surface area (Å²) in [6.07, 6.45) is 0.121. The van der Waals surface area contributed by atoms with Crippen molar-refractivity contribution < 1.29 is 8.78 Å². The fourth-order valence-corrected chi connectivity index (χ4v) is 1.70. The molecule has 1 saturated heterocycles. The molecule has 0 aromatic carbocycles. The van der Waals surface area contributed by atoms with Gasteiger partial charge in [-0.15, -0.1) is 0 Å². The molecule has 0 spiro atoms. The summed E-state index contributed by atoms with van der Waals surface area (Å²) in [4.78, 5) is 9.85. The van der Waals surface area contributed by atoms with Crippen LogP contribution in [0.15, 0.2) is 12.4 Å². The smallest absolute Gasteiger partial charge is 0.281 e. The van der Waals surface area contributed by atoms with Crippen molar-refractivity contribution in [2.75, 3.05) is 26.2 Å². The maximum Gasteiger partial charge on any atom is 0.281 e. The Morgan fingerprint density at radius 3 is 2.75 bits per heavy atom. The Kier molecular flexibility index (Phi) is 3.74. The van der Waals surface area contributed by atoms with Gasteiger partial charge >= 0.3 is 0 Å². The number of hydrogen-bond donors (Lipinski definition) is 1. The number of nitrogens with zero attached hydrogens (tertiary/aromatic N) is 3. The highest BCUT2D eigenvalue weighted by Gasteiger charge is 2.13. The summed E-state index contributed by atoms with van der Waals surface area (Å²) in [7, 11) is 0. The Morgan fingerprint density at radius 1 is 1.31 bits per heavy atom. The molecule has 0 radical (unpaired) electrons. The Balaban J connectivity index is 2.00. The van der Waals surface area contributed by atoms with Crippen LogP contribution in [-0.4, -0.2) is 41.0 Å². The number of aromatic nitrogens is 2. The third-order valence-electron chi connectivity index (χ3n) is 2.52. The first-order chi connectivity index (χ1) is 7.75. The maximum absolute atomic E-state index is 12.4. The van der Waals surface area contributed by atoms with Crippen LogP contribution >= 0.6 is 0 Å². The van der Waals surface area contributed by atoms with Crippen molar-refractivity contribution in [1.29, 1.82) is 0 Å². The topological polar surface area (TPSA) is 41.1 Å². The minimum absolute atomic E-state index is 0.243. The molecule has 2 heterocycles. The van der Waals surface area contributed by atoms with Crippen molar-refractivity contribution in [2.45, 2.75) is 13.0 Å².